The topological polar surface area (TPSA) is 81.6 Å². The molecule has 28 heavy (non-hydrogen) atoms. The number of nitrogens with two attached hydrogens (primary N) is 1. The zero-order chi connectivity index (χ0) is 19.1. The van der Waals surface area contributed by atoms with Gasteiger partial charge in [-0.15, -0.1) is 12.4 Å². The highest BCUT2D eigenvalue weighted by molar-refractivity contribution is 5.85. The maximum Gasteiger partial charge on any atom is 0.251 e. The van der Waals surface area contributed by atoms with E-state index in [0.29, 0.717) is 6.54 Å². The van der Waals surface area contributed by atoms with E-state index in [9.17, 15) is 4.79 Å². The van der Waals surface area contributed by atoms with Crippen LogP contribution in [0, 0.1) is 0 Å². The Hall–Kier alpha value is -1.89. The minimum Gasteiger partial charge on any atom is -0.364 e. The number of aromatic nitrogens is 1. The van der Waals surface area contributed by atoms with E-state index in [2.05, 4.69) is 5.16 Å². The van der Waals surface area contributed by atoms with Crippen molar-refractivity contribution in [3.8, 4) is 11.3 Å². The average molecular weight is 408 g/mol. The number of halogens is 1. The monoisotopic (exact) mass is 407 g/mol. The van der Waals surface area contributed by atoms with Crippen LogP contribution in [-0.2, 0) is 16.0 Å². The Balaban J connectivity index is 0.00000280. The molecule has 1 amide bonds. The summed E-state index contributed by atoms with van der Waals surface area (Å²) in [6, 6.07) is 12.0. The Kier molecular flexibility index (Phi) is 8.96. The summed E-state index contributed by atoms with van der Waals surface area (Å²) in [6.45, 7) is 1.23. The third kappa shape index (κ3) is 6.06. The van der Waals surface area contributed by atoms with Gasteiger partial charge in [0.05, 0.1) is 6.10 Å². The lowest BCUT2D eigenvalue weighted by molar-refractivity contribution is -0.141. The minimum absolute atomic E-state index is 0. The Morgan fingerprint density at radius 1 is 1.21 bits per heavy atom. The number of amides is 1. The molecule has 0 aliphatic carbocycles. The maximum absolute atomic E-state index is 12.4. The van der Waals surface area contributed by atoms with Crippen molar-refractivity contribution in [2.45, 2.75) is 50.7 Å². The fourth-order valence-corrected chi connectivity index (χ4v) is 3.42. The molecule has 0 radical (unpaired) electrons. The third-order valence-corrected chi connectivity index (χ3v) is 5.07. The number of nitrogens with zero attached hydrogens (tertiary/aromatic N) is 2. The standard InChI is InChI=1S/C21H29N3O3.ClH/c1-24(21(25)20-12-11-18(15-22)26-20)13-7-3-6-10-17-14-19(23-27-17)16-8-4-2-5-9-16;/h2,4-5,8-9,14,18,20H,3,6-7,10-13,15,22H2,1H3;1H/t18-,20+;/m1./s1. The highest BCUT2D eigenvalue weighted by atomic mass is 35.5. The van der Waals surface area contributed by atoms with Gasteiger partial charge in [0.2, 0.25) is 0 Å². The number of aryl methyl sites for hydroxylation is 1. The molecule has 2 heterocycles. The van der Waals surface area contributed by atoms with Crippen molar-refractivity contribution in [1.82, 2.24) is 10.1 Å². The molecule has 0 spiro atoms. The van der Waals surface area contributed by atoms with Gasteiger partial charge in [0, 0.05) is 38.2 Å². The van der Waals surface area contributed by atoms with Crippen LogP contribution in [-0.4, -0.2) is 48.3 Å². The van der Waals surface area contributed by atoms with Crippen molar-refractivity contribution in [2.24, 2.45) is 5.73 Å². The summed E-state index contributed by atoms with van der Waals surface area (Å²) in [5.74, 6) is 0.985. The molecule has 7 heteroatoms. The molecule has 154 valence electrons. The fraction of sp³-hybridized carbons (Fsp3) is 0.524. The molecule has 0 unspecified atom stereocenters. The summed E-state index contributed by atoms with van der Waals surface area (Å²) < 4.78 is 11.1. The van der Waals surface area contributed by atoms with Gasteiger partial charge >= 0.3 is 0 Å². The molecule has 6 nitrogen and oxygen atoms in total. The SMILES string of the molecule is CN(CCCCCc1cc(-c2ccccc2)no1)C(=O)[C@@H]1CC[C@H](CN)O1.Cl. The molecule has 3 rings (SSSR count). The molecule has 1 aliphatic rings. The highest BCUT2D eigenvalue weighted by Crippen LogP contribution is 2.21. The van der Waals surface area contributed by atoms with Gasteiger partial charge in [0.25, 0.3) is 5.91 Å². The number of hydrogen-bond acceptors (Lipinski definition) is 5. The Bertz CT molecular complexity index is 723. The van der Waals surface area contributed by atoms with Crippen molar-refractivity contribution in [3.63, 3.8) is 0 Å². The van der Waals surface area contributed by atoms with Gasteiger partial charge in [-0.25, -0.2) is 0 Å². The van der Waals surface area contributed by atoms with E-state index in [1.807, 2.05) is 43.4 Å². The largest absolute Gasteiger partial charge is 0.364 e. The van der Waals surface area contributed by atoms with Gasteiger partial charge in [-0.1, -0.05) is 41.9 Å². The molecule has 1 aliphatic heterocycles. The van der Waals surface area contributed by atoms with Gasteiger partial charge in [-0.3, -0.25) is 4.79 Å². The number of rotatable bonds is 9. The van der Waals surface area contributed by atoms with Gasteiger partial charge < -0.3 is 19.9 Å². The molecule has 2 N–H and O–H groups in total. The summed E-state index contributed by atoms with van der Waals surface area (Å²) in [6.07, 6.45) is 5.26. The predicted octanol–water partition coefficient (Wildman–Crippen LogP) is 3.44. The van der Waals surface area contributed by atoms with Crippen LogP contribution >= 0.6 is 12.4 Å². The highest BCUT2D eigenvalue weighted by Gasteiger charge is 2.31. The second-order valence-electron chi connectivity index (χ2n) is 7.17. The first-order valence-electron chi connectivity index (χ1n) is 9.79. The second-order valence-corrected chi connectivity index (χ2v) is 7.17. The zero-order valence-electron chi connectivity index (χ0n) is 16.4. The molecular formula is C21H30ClN3O3. The first-order valence-corrected chi connectivity index (χ1v) is 9.79. The fourth-order valence-electron chi connectivity index (χ4n) is 3.42. The van der Waals surface area contributed by atoms with Gasteiger partial charge in [0.1, 0.15) is 17.6 Å². The van der Waals surface area contributed by atoms with E-state index in [1.165, 1.54) is 0 Å². The molecule has 2 atom stereocenters. The lowest BCUT2D eigenvalue weighted by atomic mass is 10.1. The minimum atomic E-state index is -0.311. The van der Waals surface area contributed by atoms with Crippen LogP contribution in [0.25, 0.3) is 11.3 Å². The van der Waals surface area contributed by atoms with Crippen molar-refractivity contribution in [2.75, 3.05) is 20.1 Å². The Morgan fingerprint density at radius 3 is 2.71 bits per heavy atom. The van der Waals surface area contributed by atoms with Gasteiger partial charge in [-0.05, 0) is 25.7 Å². The van der Waals surface area contributed by atoms with Crippen LogP contribution < -0.4 is 5.73 Å². The van der Waals surface area contributed by atoms with Crippen LogP contribution in [0.15, 0.2) is 40.9 Å². The number of carbonyl (C=O) groups is 1. The van der Waals surface area contributed by atoms with Crippen molar-refractivity contribution in [3.05, 3.63) is 42.2 Å². The first-order chi connectivity index (χ1) is 13.2. The Labute approximate surface area is 172 Å². The summed E-state index contributed by atoms with van der Waals surface area (Å²) in [5, 5.41) is 4.14. The quantitative estimate of drug-likeness (QED) is 0.644. The van der Waals surface area contributed by atoms with E-state index in [-0.39, 0.29) is 30.5 Å². The van der Waals surface area contributed by atoms with Crippen LogP contribution in [0.2, 0.25) is 0 Å². The third-order valence-electron chi connectivity index (χ3n) is 5.07. The molecule has 1 saturated heterocycles. The molecule has 1 fully saturated rings. The lowest BCUT2D eigenvalue weighted by Gasteiger charge is -2.21. The van der Waals surface area contributed by atoms with Crippen LogP contribution in [0.4, 0.5) is 0 Å². The second kappa shape index (κ2) is 11.2. The predicted molar refractivity (Wildman–Crippen MR) is 111 cm³/mol. The molecular weight excluding hydrogens is 378 g/mol. The molecule has 1 aromatic heterocycles. The van der Waals surface area contributed by atoms with E-state index in [1.54, 1.807) is 4.90 Å². The molecule has 1 aromatic carbocycles. The van der Waals surface area contributed by atoms with Crippen molar-refractivity contribution in [1.29, 1.82) is 0 Å². The average Bonchev–Trinajstić information content (AvgIpc) is 3.37. The lowest BCUT2D eigenvalue weighted by Crippen LogP contribution is -2.37. The smallest absolute Gasteiger partial charge is 0.251 e. The number of ether oxygens (including phenoxy) is 1. The normalized spacial score (nSPS) is 18.6. The maximum atomic E-state index is 12.4. The number of likely N-dealkylation sites (N-methyl/N-ethyl adjacent to an activating group) is 1. The van der Waals surface area contributed by atoms with E-state index in [4.69, 9.17) is 15.0 Å². The zero-order valence-corrected chi connectivity index (χ0v) is 17.2. The number of hydrogen-bond donors (Lipinski definition) is 1. The Morgan fingerprint density at radius 2 is 2.00 bits per heavy atom. The van der Waals surface area contributed by atoms with Crippen LogP contribution in [0.5, 0.6) is 0 Å². The summed E-state index contributed by atoms with van der Waals surface area (Å²) in [4.78, 5) is 14.1. The van der Waals surface area contributed by atoms with E-state index < -0.39 is 0 Å². The van der Waals surface area contributed by atoms with E-state index >= 15 is 0 Å². The summed E-state index contributed by atoms with van der Waals surface area (Å²) >= 11 is 0. The summed E-state index contributed by atoms with van der Waals surface area (Å²) in [7, 11) is 1.85. The number of benzene rings is 1. The van der Waals surface area contributed by atoms with Crippen molar-refractivity contribution >= 4 is 18.3 Å². The van der Waals surface area contributed by atoms with E-state index in [0.717, 1.165) is 62.1 Å². The van der Waals surface area contributed by atoms with Crippen LogP contribution in [0.1, 0.15) is 37.9 Å². The number of unbranched alkanes of at least 4 members (excludes halogenated alkanes) is 2. The number of carbonyl (C=O) groups excluding carboxylic acids is 1. The molecule has 2 aromatic rings. The van der Waals surface area contributed by atoms with Crippen molar-refractivity contribution < 1.29 is 14.1 Å². The molecule has 0 saturated carbocycles. The first kappa shape index (κ1) is 22.4. The summed E-state index contributed by atoms with van der Waals surface area (Å²) in [5.41, 5.74) is 7.55. The van der Waals surface area contributed by atoms with Gasteiger partial charge in [0.15, 0.2) is 0 Å². The van der Waals surface area contributed by atoms with Crippen LogP contribution in [0.3, 0.4) is 0 Å². The van der Waals surface area contributed by atoms with Gasteiger partial charge in [-0.2, -0.15) is 0 Å². The molecule has 0 bridgehead atoms.